The standard InChI is InChI=1S/C21H20Cl2N2O2/c1-5-21(2,3)24-13-19(26)25(4)18-11-10-14(22)12-16(18)20(27)15-8-6-7-9-17(15)23/h1,6-12,24H,13H2,2-4H3. The van der Waals surface area contributed by atoms with E-state index in [0.29, 0.717) is 26.9 Å². The van der Waals surface area contributed by atoms with Crippen molar-refractivity contribution < 1.29 is 9.59 Å². The summed E-state index contributed by atoms with van der Waals surface area (Å²) in [5.74, 6) is 2.02. The van der Waals surface area contributed by atoms with E-state index in [1.165, 1.54) is 11.0 Å². The number of benzene rings is 2. The Balaban J connectivity index is 2.35. The van der Waals surface area contributed by atoms with Crippen molar-refractivity contribution in [1.82, 2.24) is 5.32 Å². The molecule has 4 nitrogen and oxygen atoms in total. The average molecular weight is 403 g/mol. The number of ketones is 1. The highest BCUT2D eigenvalue weighted by molar-refractivity contribution is 6.36. The minimum atomic E-state index is -0.618. The summed E-state index contributed by atoms with van der Waals surface area (Å²) in [5, 5.41) is 3.72. The number of anilines is 1. The first-order valence-electron chi connectivity index (χ1n) is 8.24. The summed E-state index contributed by atoms with van der Waals surface area (Å²) in [6.07, 6.45) is 5.43. The molecule has 1 N–H and O–H groups in total. The molecule has 2 rings (SSSR count). The van der Waals surface area contributed by atoms with Crippen LogP contribution in [-0.2, 0) is 4.79 Å². The van der Waals surface area contributed by atoms with Gasteiger partial charge in [0.1, 0.15) is 0 Å². The van der Waals surface area contributed by atoms with Gasteiger partial charge in [-0.05, 0) is 44.2 Å². The van der Waals surface area contributed by atoms with Crippen LogP contribution in [0.4, 0.5) is 5.69 Å². The maximum Gasteiger partial charge on any atom is 0.240 e. The van der Waals surface area contributed by atoms with Gasteiger partial charge < -0.3 is 4.90 Å². The van der Waals surface area contributed by atoms with Crippen molar-refractivity contribution in [3.63, 3.8) is 0 Å². The second-order valence-corrected chi connectivity index (χ2v) is 7.39. The Morgan fingerprint density at radius 1 is 1.15 bits per heavy atom. The summed E-state index contributed by atoms with van der Waals surface area (Å²) in [4.78, 5) is 27.0. The minimum absolute atomic E-state index is 0.0239. The highest BCUT2D eigenvalue weighted by Gasteiger charge is 2.23. The van der Waals surface area contributed by atoms with Gasteiger partial charge in [-0.15, -0.1) is 6.42 Å². The van der Waals surface area contributed by atoms with Gasteiger partial charge in [-0.1, -0.05) is 41.3 Å². The Hall–Kier alpha value is -2.32. The lowest BCUT2D eigenvalue weighted by molar-refractivity contribution is -0.117. The fourth-order valence-electron chi connectivity index (χ4n) is 2.37. The van der Waals surface area contributed by atoms with Crippen molar-refractivity contribution in [2.45, 2.75) is 19.4 Å². The van der Waals surface area contributed by atoms with Crippen LogP contribution in [0.15, 0.2) is 42.5 Å². The SMILES string of the molecule is C#CC(C)(C)NCC(=O)N(C)c1ccc(Cl)cc1C(=O)c1ccccc1Cl. The Morgan fingerprint density at radius 2 is 1.81 bits per heavy atom. The third-order valence-corrected chi connectivity index (χ3v) is 4.66. The molecule has 0 unspecified atom stereocenters. The van der Waals surface area contributed by atoms with E-state index in [1.807, 2.05) is 0 Å². The number of carbonyl (C=O) groups excluding carboxylic acids is 2. The Morgan fingerprint density at radius 3 is 2.44 bits per heavy atom. The first kappa shape index (κ1) is 21.0. The van der Waals surface area contributed by atoms with Gasteiger partial charge in [0.25, 0.3) is 0 Å². The van der Waals surface area contributed by atoms with E-state index in [-0.39, 0.29) is 18.2 Å². The van der Waals surface area contributed by atoms with Gasteiger partial charge in [-0.25, -0.2) is 0 Å². The number of nitrogens with one attached hydrogen (secondary N) is 1. The largest absolute Gasteiger partial charge is 0.314 e. The smallest absolute Gasteiger partial charge is 0.240 e. The summed E-state index contributed by atoms with van der Waals surface area (Å²) >= 11 is 12.2. The molecule has 0 aliphatic carbocycles. The number of nitrogens with zero attached hydrogens (tertiary/aromatic N) is 1. The summed E-state index contributed by atoms with van der Waals surface area (Å²) in [6, 6.07) is 11.5. The van der Waals surface area contributed by atoms with Crippen LogP contribution < -0.4 is 10.2 Å². The van der Waals surface area contributed by atoms with E-state index in [1.54, 1.807) is 57.3 Å². The monoisotopic (exact) mass is 402 g/mol. The summed E-state index contributed by atoms with van der Waals surface area (Å²) in [5.41, 5.74) is 0.458. The van der Waals surface area contributed by atoms with E-state index < -0.39 is 5.54 Å². The number of likely N-dealkylation sites (N-methyl/N-ethyl adjacent to an activating group) is 1. The minimum Gasteiger partial charge on any atom is -0.314 e. The van der Waals surface area contributed by atoms with Crippen LogP contribution in [-0.4, -0.2) is 30.8 Å². The summed E-state index contributed by atoms with van der Waals surface area (Å²) in [6.45, 7) is 3.62. The number of halogens is 2. The molecule has 27 heavy (non-hydrogen) atoms. The molecule has 0 atom stereocenters. The molecule has 0 fully saturated rings. The lowest BCUT2D eigenvalue weighted by Gasteiger charge is -2.24. The van der Waals surface area contributed by atoms with E-state index in [4.69, 9.17) is 29.6 Å². The van der Waals surface area contributed by atoms with Gasteiger partial charge in [0.05, 0.1) is 22.8 Å². The molecule has 0 saturated carbocycles. The lowest BCUT2D eigenvalue weighted by atomic mass is 10.0. The molecule has 1 amide bonds. The Kier molecular flexibility index (Phi) is 6.67. The van der Waals surface area contributed by atoms with E-state index >= 15 is 0 Å². The molecular formula is C21H20Cl2N2O2. The molecule has 0 aromatic heterocycles. The third kappa shape index (κ3) is 5.11. The molecule has 0 heterocycles. The van der Waals surface area contributed by atoms with Crippen molar-refractivity contribution in [3.8, 4) is 12.3 Å². The van der Waals surface area contributed by atoms with E-state index in [0.717, 1.165) is 0 Å². The second-order valence-electron chi connectivity index (χ2n) is 6.55. The predicted molar refractivity (Wildman–Crippen MR) is 111 cm³/mol. The average Bonchev–Trinajstić information content (AvgIpc) is 2.65. The van der Waals surface area contributed by atoms with Crippen molar-refractivity contribution in [2.75, 3.05) is 18.5 Å². The van der Waals surface area contributed by atoms with Crippen LogP contribution in [0.2, 0.25) is 10.0 Å². The quantitative estimate of drug-likeness (QED) is 0.581. The van der Waals surface area contributed by atoms with Crippen LogP contribution in [0.3, 0.4) is 0 Å². The number of terminal acetylenes is 1. The number of carbonyl (C=O) groups is 2. The number of amides is 1. The van der Waals surface area contributed by atoms with Crippen LogP contribution in [0.1, 0.15) is 29.8 Å². The molecule has 0 aliphatic heterocycles. The maximum atomic E-state index is 13.0. The van der Waals surface area contributed by atoms with Crippen molar-refractivity contribution in [3.05, 3.63) is 63.6 Å². The molecule has 0 radical (unpaired) electrons. The molecule has 0 aliphatic rings. The van der Waals surface area contributed by atoms with E-state index in [2.05, 4.69) is 11.2 Å². The third-order valence-electron chi connectivity index (χ3n) is 4.10. The predicted octanol–water partition coefficient (Wildman–Crippen LogP) is 4.19. The van der Waals surface area contributed by atoms with Gasteiger partial charge in [0, 0.05) is 23.2 Å². The fourth-order valence-corrected chi connectivity index (χ4v) is 2.77. The van der Waals surface area contributed by atoms with Crippen LogP contribution in [0.25, 0.3) is 0 Å². The number of hydrogen-bond acceptors (Lipinski definition) is 3. The van der Waals surface area contributed by atoms with Gasteiger partial charge >= 0.3 is 0 Å². The molecule has 6 heteroatoms. The number of rotatable bonds is 6. The maximum absolute atomic E-state index is 13.0. The topological polar surface area (TPSA) is 49.4 Å². The second kappa shape index (κ2) is 8.58. The van der Waals surface area contributed by atoms with Gasteiger partial charge in [0.15, 0.2) is 5.78 Å². The summed E-state index contributed by atoms with van der Waals surface area (Å²) < 4.78 is 0. The van der Waals surface area contributed by atoms with Crippen molar-refractivity contribution in [2.24, 2.45) is 0 Å². The van der Waals surface area contributed by atoms with Crippen LogP contribution in [0, 0.1) is 12.3 Å². The van der Waals surface area contributed by atoms with Crippen LogP contribution >= 0.6 is 23.2 Å². The molecule has 2 aromatic rings. The first-order chi connectivity index (χ1) is 12.7. The van der Waals surface area contributed by atoms with Crippen molar-refractivity contribution in [1.29, 1.82) is 0 Å². The first-order valence-corrected chi connectivity index (χ1v) is 9.00. The van der Waals surface area contributed by atoms with Gasteiger partial charge in [0.2, 0.25) is 5.91 Å². The molecule has 2 aromatic carbocycles. The zero-order chi connectivity index (χ0) is 20.2. The zero-order valence-corrected chi connectivity index (χ0v) is 16.9. The Labute approximate surface area is 169 Å². The zero-order valence-electron chi connectivity index (χ0n) is 15.3. The molecule has 0 saturated heterocycles. The molecule has 0 spiro atoms. The number of hydrogen-bond donors (Lipinski definition) is 1. The lowest BCUT2D eigenvalue weighted by Crippen LogP contribution is -2.45. The summed E-state index contributed by atoms with van der Waals surface area (Å²) in [7, 11) is 1.60. The van der Waals surface area contributed by atoms with Crippen molar-refractivity contribution >= 4 is 40.6 Å². The van der Waals surface area contributed by atoms with Crippen LogP contribution in [0.5, 0.6) is 0 Å². The Bertz CT molecular complexity index is 917. The highest BCUT2D eigenvalue weighted by Crippen LogP contribution is 2.28. The van der Waals surface area contributed by atoms with Gasteiger partial charge in [-0.3, -0.25) is 14.9 Å². The molecule has 140 valence electrons. The normalized spacial score (nSPS) is 11.0. The van der Waals surface area contributed by atoms with Gasteiger partial charge in [-0.2, -0.15) is 0 Å². The molecular weight excluding hydrogens is 383 g/mol. The molecule has 0 bridgehead atoms. The van der Waals surface area contributed by atoms with E-state index in [9.17, 15) is 9.59 Å². The fraction of sp³-hybridized carbons (Fsp3) is 0.238. The highest BCUT2D eigenvalue weighted by atomic mass is 35.5.